The van der Waals surface area contributed by atoms with Gasteiger partial charge in [-0.1, -0.05) is 26.3 Å². The maximum atomic E-state index is 12.9. The Bertz CT molecular complexity index is 856. The second kappa shape index (κ2) is 7.78. The number of carbonyl (C=O) groups excluding carboxylic acids is 3. The Morgan fingerprint density at radius 3 is 2.11 bits per heavy atom. The SMILES string of the molecule is CC(C)=CC(OC(=O)C(C)C(C)C)C1=CC(=O)c2c(O)ccc(O)c2C1=O. The molecule has 2 unspecified atom stereocenters. The number of phenolic OH excluding ortho intramolecular Hbond substituents is 2. The molecule has 2 N–H and O–H groups in total. The van der Waals surface area contributed by atoms with Gasteiger partial charge in [0, 0.05) is 5.57 Å². The van der Waals surface area contributed by atoms with Gasteiger partial charge in [0.2, 0.25) is 0 Å². The molecule has 0 aromatic heterocycles. The van der Waals surface area contributed by atoms with Crippen molar-refractivity contribution in [3.05, 3.63) is 46.6 Å². The molecule has 6 nitrogen and oxygen atoms in total. The van der Waals surface area contributed by atoms with E-state index in [1.807, 2.05) is 13.8 Å². The van der Waals surface area contributed by atoms with Crippen molar-refractivity contribution in [2.45, 2.75) is 40.7 Å². The number of ether oxygens (including phenoxy) is 1. The molecule has 0 radical (unpaired) electrons. The summed E-state index contributed by atoms with van der Waals surface area (Å²) in [7, 11) is 0. The van der Waals surface area contributed by atoms with E-state index in [1.165, 1.54) is 0 Å². The molecule has 0 aliphatic heterocycles. The van der Waals surface area contributed by atoms with Crippen molar-refractivity contribution in [3.8, 4) is 11.5 Å². The number of aromatic hydroxyl groups is 2. The number of hydrogen-bond acceptors (Lipinski definition) is 6. The molecule has 144 valence electrons. The molecule has 1 aromatic carbocycles. The average Bonchev–Trinajstić information content (AvgIpc) is 2.58. The fourth-order valence-electron chi connectivity index (χ4n) is 2.69. The minimum Gasteiger partial charge on any atom is -0.507 e. The highest BCUT2D eigenvalue weighted by Gasteiger charge is 2.36. The summed E-state index contributed by atoms with van der Waals surface area (Å²) in [5.74, 6) is -2.93. The summed E-state index contributed by atoms with van der Waals surface area (Å²) >= 11 is 0. The predicted octanol–water partition coefficient (Wildman–Crippen LogP) is 3.57. The molecule has 0 saturated carbocycles. The Morgan fingerprint density at radius 1 is 1.04 bits per heavy atom. The molecule has 6 heteroatoms. The van der Waals surface area contributed by atoms with E-state index in [0.29, 0.717) is 0 Å². The molecule has 0 fully saturated rings. The maximum absolute atomic E-state index is 12.9. The van der Waals surface area contributed by atoms with Crippen LogP contribution in [-0.4, -0.2) is 33.9 Å². The van der Waals surface area contributed by atoms with E-state index < -0.39 is 35.3 Å². The summed E-state index contributed by atoms with van der Waals surface area (Å²) in [5.41, 5.74) is 0.204. The van der Waals surface area contributed by atoms with Crippen LogP contribution in [0.25, 0.3) is 0 Å². The molecular weight excluding hydrogens is 348 g/mol. The van der Waals surface area contributed by atoms with Crippen molar-refractivity contribution < 1.29 is 29.3 Å². The third-order valence-electron chi connectivity index (χ3n) is 4.59. The van der Waals surface area contributed by atoms with E-state index >= 15 is 0 Å². The van der Waals surface area contributed by atoms with Gasteiger partial charge in [0.25, 0.3) is 0 Å². The molecule has 1 aliphatic rings. The van der Waals surface area contributed by atoms with Crippen LogP contribution in [0.5, 0.6) is 11.5 Å². The number of rotatable bonds is 5. The number of allylic oxidation sites excluding steroid dienone is 2. The van der Waals surface area contributed by atoms with E-state index in [4.69, 9.17) is 4.74 Å². The second-order valence-electron chi connectivity index (χ2n) is 7.28. The molecule has 1 aliphatic carbocycles. The fourth-order valence-corrected chi connectivity index (χ4v) is 2.69. The number of phenols is 2. The molecule has 27 heavy (non-hydrogen) atoms. The molecule has 0 saturated heterocycles. The normalized spacial score (nSPS) is 15.7. The van der Waals surface area contributed by atoms with Gasteiger partial charge in [-0.25, -0.2) is 0 Å². The molecule has 2 atom stereocenters. The Balaban J connectivity index is 2.50. The number of esters is 1. The Morgan fingerprint density at radius 2 is 1.59 bits per heavy atom. The minimum absolute atomic E-state index is 0.0456. The fraction of sp³-hybridized carbons (Fsp3) is 0.381. The molecule has 0 amide bonds. The van der Waals surface area contributed by atoms with Crippen molar-refractivity contribution in [3.63, 3.8) is 0 Å². The molecule has 0 heterocycles. The van der Waals surface area contributed by atoms with Gasteiger partial charge in [-0.15, -0.1) is 0 Å². The lowest BCUT2D eigenvalue weighted by atomic mass is 9.85. The van der Waals surface area contributed by atoms with Crippen molar-refractivity contribution in [1.82, 2.24) is 0 Å². The number of fused-ring (bicyclic) bond motifs is 1. The zero-order chi connectivity index (χ0) is 20.5. The van der Waals surface area contributed by atoms with Crippen LogP contribution in [0.2, 0.25) is 0 Å². The number of ketones is 2. The molecule has 0 bridgehead atoms. The predicted molar refractivity (Wildman–Crippen MR) is 99.8 cm³/mol. The van der Waals surface area contributed by atoms with Gasteiger partial charge in [0.05, 0.1) is 17.0 Å². The zero-order valence-corrected chi connectivity index (χ0v) is 16.1. The Kier molecular flexibility index (Phi) is 5.88. The van der Waals surface area contributed by atoms with Crippen LogP contribution in [0.1, 0.15) is 55.3 Å². The highest BCUT2D eigenvalue weighted by atomic mass is 16.5. The van der Waals surface area contributed by atoms with Gasteiger partial charge in [-0.2, -0.15) is 0 Å². The summed E-state index contributed by atoms with van der Waals surface area (Å²) in [4.78, 5) is 37.8. The van der Waals surface area contributed by atoms with Crippen LogP contribution in [-0.2, 0) is 9.53 Å². The number of hydrogen-bond donors (Lipinski definition) is 2. The number of carbonyl (C=O) groups is 3. The molecule has 0 spiro atoms. The Hall–Kier alpha value is -2.89. The number of benzene rings is 1. The summed E-state index contributed by atoms with van der Waals surface area (Å²) in [6.07, 6.45) is 1.57. The lowest BCUT2D eigenvalue weighted by Gasteiger charge is -2.24. The average molecular weight is 372 g/mol. The van der Waals surface area contributed by atoms with E-state index in [9.17, 15) is 24.6 Å². The second-order valence-corrected chi connectivity index (χ2v) is 7.28. The first kappa shape index (κ1) is 20.4. The largest absolute Gasteiger partial charge is 0.507 e. The van der Waals surface area contributed by atoms with Gasteiger partial charge in [-0.3, -0.25) is 14.4 Å². The van der Waals surface area contributed by atoms with Crippen LogP contribution < -0.4 is 0 Å². The maximum Gasteiger partial charge on any atom is 0.309 e. The summed E-state index contributed by atoms with van der Waals surface area (Å²) in [6, 6.07) is 2.29. The highest BCUT2D eigenvalue weighted by Crippen LogP contribution is 2.36. The topological polar surface area (TPSA) is 101 Å². The minimum atomic E-state index is -1.06. The van der Waals surface area contributed by atoms with Gasteiger partial charge in [0.15, 0.2) is 11.6 Å². The van der Waals surface area contributed by atoms with Crippen molar-refractivity contribution in [2.75, 3.05) is 0 Å². The van der Waals surface area contributed by atoms with Gasteiger partial charge >= 0.3 is 5.97 Å². The van der Waals surface area contributed by atoms with Crippen LogP contribution in [0.3, 0.4) is 0 Å². The van der Waals surface area contributed by atoms with E-state index in [0.717, 1.165) is 23.8 Å². The molecule has 2 rings (SSSR count). The summed E-state index contributed by atoms with van der Waals surface area (Å²) < 4.78 is 5.53. The van der Waals surface area contributed by atoms with Gasteiger partial charge < -0.3 is 14.9 Å². The first-order chi connectivity index (χ1) is 12.5. The third kappa shape index (κ3) is 4.10. The van der Waals surface area contributed by atoms with Crippen LogP contribution in [0.15, 0.2) is 35.4 Å². The van der Waals surface area contributed by atoms with Crippen LogP contribution in [0, 0.1) is 11.8 Å². The van der Waals surface area contributed by atoms with E-state index in [2.05, 4.69) is 0 Å². The standard InChI is InChI=1S/C21H24O6/c1-10(2)8-17(27-21(26)12(5)11(3)4)13-9-16(24)18-14(22)6-7-15(23)19(18)20(13)25/h6-9,11-12,17,22-23H,1-5H3. The summed E-state index contributed by atoms with van der Waals surface area (Å²) in [6.45, 7) is 9.05. The monoisotopic (exact) mass is 372 g/mol. The van der Waals surface area contributed by atoms with Crippen molar-refractivity contribution in [1.29, 1.82) is 0 Å². The quantitative estimate of drug-likeness (QED) is 0.465. The van der Waals surface area contributed by atoms with Crippen molar-refractivity contribution in [2.24, 2.45) is 11.8 Å². The van der Waals surface area contributed by atoms with Gasteiger partial charge in [-0.05, 0) is 44.1 Å². The molecular formula is C21H24O6. The first-order valence-electron chi connectivity index (χ1n) is 8.75. The Labute approximate surface area is 158 Å². The van der Waals surface area contributed by atoms with E-state index in [1.54, 1.807) is 26.8 Å². The number of Topliss-reactive ketones (excluding diaryl/α,β-unsaturated/α-hetero) is 1. The highest BCUT2D eigenvalue weighted by molar-refractivity contribution is 6.27. The lowest BCUT2D eigenvalue weighted by Crippen LogP contribution is -2.31. The first-order valence-corrected chi connectivity index (χ1v) is 8.75. The zero-order valence-electron chi connectivity index (χ0n) is 16.1. The van der Waals surface area contributed by atoms with Crippen LogP contribution >= 0.6 is 0 Å². The molecule has 1 aromatic rings. The van der Waals surface area contributed by atoms with Gasteiger partial charge in [0.1, 0.15) is 17.6 Å². The van der Waals surface area contributed by atoms with E-state index in [-0.39, 0.29) is 28.4 Å². The smallest absolute Gasteiger partial charge is 0.309 e. The van der Waals surface area contributed by atoms with Crippen LogP contribution in [0.4, 0.5) is 0 Å². The summed E-state index contributed by atoms with van der Waals surface area (Å²) in [5, 5.41) is 20.0. The third-order valence-corrected chi connectivity index (χ3v) is 4.59. The lowest BCUT2D eigenvalue weighted by molar-refractivity contribution is -0.151. The van der Waals surface area contributed by atoms with Crippen molar-refractivity contribution >= 4 is 17.5 Å².